The molecule has 0 heterocycles. The SMILES string of the molecule is CC1C(C(=O)O)C(NC(=O)OC(C)(C)C)C2CC1C2(C)C. The van der Waals surface area contributed by atoms with E-state index in [1.807, 2.05) is 6.92 Å². The maximum atomic E-state index is 12.0. The molecule has 0 aromatic rings. The molecule has 5 heteroatoms. The highest BCUT2D eigenvalue weighted by molar-refractivity contribution is 5.75. The van der Waals surface area contributed by atoms with Gasteiger partial charge in [0.2, 0.25) is 0 Å². The van der Waals surface area contributed by atoms with Gasteiger partial charge in [0.15, 0.2) is 0 Å². The number of amides is 1. The van der Waals surface area contributed by atoms with E-state index in [1.165, 1.54) is 0 Å². The molecule has 3 fully saturated rings. The van der Waals surface area contributed by atoms with Crippen LogP contribution >= 0.6 is 0 Å². The number of carbonyl (C=O) groups excluding carboxylic acids is 1. The average Bonchev–Trinajstić information content (AvgIpc) is 2.23. The van der Waals surface area contributed by atoms with Crippen LogP contribution < -0.4 is 5.32 Å². The van der Waals surface area contributed by atoms with E-state index in [0.717, 1.165) is 6.42 Å². The van der Waals surface area contributed by atoms with Crippen LogP contribution in [-0.4, -0.2) is 28.8 Å². The summed E-state index contributed by atoms with van der Waals surface area (Å²) in [6.07, 6.45) is 0.463. The molecule has 0 aromatic carbocycles. The summed E-state index contributed by atoms with van der Waals surface area (Å²) in [6.45, 7) is 11.7. The minimum Gasteiger partial charge on any atom is -0.481 e. The molecule has 5 atom stereocenters. The Morgan fingerprint density at radius 1 is 1.24 bits per heavy atom. The summed E-state index contributed by atoms with van der Waals surface area (Å²) in [4.78, 5) is 23.7. The maximum absolute atomic E-state index is 12.0. The third-order valence-corrected chi connectivity index (χ3v) is 5.41. The van der Waals surface area contributed by atoms with Crippen LogP contribution in [0.1, 0.15) is 48.0 Å². The fraction of sp³-hybridized carbons (Fsp3) is 0.875. The van der Waals surface area contributed by atoms with Crippen molar-refractivity contribution in [3.63, 3.8) is 0 Å². The number of aliphatic carboxylic acids is 1. The summed E-state index contributed by atoms with van der Waals surface area (Å²) in [5, 5.41) is 12.4. The molecule has 2 N–H and O–H groups in total. The number of nitrogens with one attached hydrogen (secondary N) is 1. The molecule has 0 radical (unpaired) electrons. The van der Waals surface area contributed by atoms with E-state index < -0.39 is 23.6 Å². The third-order valence-electron chi connectivity index (χ3n) is 5.41. The fourth-order valence-electron chi connectivity index (χ4n) is 4.34. The molecule has 0 spiro atoms. The Kier molecular flexibility index (Phi) is 3.75. The van der Waals surface area contributed by atoms with Gasteiger partial charge in [-0.3, -0.25) is 4.79 Å². The van der Waals surface area contributed by atoms with Crippen LogP contribution in [0.5, 0.6) is 0 Å². The molecule has 1 amide bonds. The van der Waals surface area contributed by atoms with Gasteiger partial charge in [0.05, 0.1) is 5.92 Å². The van der Waals surface area contributed by atoms with Crippen molar-refractivity contribution in [2.24, 2.45) is 29.1 Å². The lowest BCUT2D eigenvalue weighted by molar-refractivity contribution is -0.177. The second-order valence-corrected chi connectivity index (χ2v) is 8.17. The lowest BCUT2D eigenvalue weighted by atomic mass is 9.41. The topological polar surface area (TPSA) is 75.6 Å². The molecule has 5 nitrogen and oxygen atoms in total. The Hall–Kier alpha value is -1.26. The minimum atomic E-state index is -0.825. The van der Waals surface area contributed by atoms with E-state index >= 15 is 0 Å². The Labute approximate surface area is 126 Å². The van der Waals surface area contributed by atoms with E-state index in [1.54, 1.807) is 20.8 Å². The van der Waals surface area contributed by atoms with E-state index in [9.17, 15) is 14.7 Å². The average molecular weight is 297 g/mol. The molecule has 2 bridgehead atoms. The first-order chi connectivity index (χ1) is 9.45. The van der Waals surface area contributed by atoms with Crippen molar-refractivity contribution < 1.29 is 19.4 Å². The van der Waals surface area contributed by atoms with Gasteiger partial charge in [-0.2, -0.15) is 0 Å². The van der Waals surface area contributed by atoms with Gasteiger partial charge in [-0.25, -0.2) is 4.79 Å². The Bertz CT molecular complexity index is 452. The number of carboxylic acid groups (broad SMARTS) is 1. The number of fused-ring (bicyclic) bond motifs is 2. The second-order valence-electron chi connectivity index (χ2n) is 8.17. The van der Waals surface area contributed by atoms with Crippen molar-refractivity contribution >= 4 is 12.1 Å². The molecule has 3 saturated carbocycles. The molecule has 3 aliphatic carbocycles. The zero-order chi connectivity index (χ0) is 16.2. The van der Waals surface area contributed by atoms with Crippen molar-refractivity contribution in [3.05, 3.63) is 0 Å². The van der Waals surface area contributed by atoms with Crippen molar-refractivity contribution in [1.82, 2.24) is 5.32 Å². The van der Waals surface area contributed by atoms with Crippen LogP contribution in [0, 0.1) is 29.1 Å². The highest BCUT2D eigenvalue weighted by atomic mass is 16.6. The standard InChI is InChI=1S/C16H27NO4/c1-8-9-7-10(16(9,5)6)12(11(8)13(18)19)17-14(20)21-15(2,3)4/h8-12H,7H2,1-6H3,(H,17,20)(H,18,19). The monoisotopic (exact) mass is 297 g/mol. The zero-order valence-corrected chi connectivity index (χ0v) is 13.8. The van der Waals surface area contributed by atoms with Crippen LogP contribution in [-0.2, 0) is 9.53 Å². The highest BCUT2D eigenvalue weighted by Crippen LogP contribution is 2.62. The molecule has 3 rings (SSSR count). The lowest BCUT2D eigenvalue weighted by Crippen LogP contribution is -2.68. The molecule has 3 aliphatic rings. The number of hydrogen-bond donors (Lipinski definition) is 2. The van der Waals surface area contributed by atoms with Crippen LogP contribution in [0.3, 0.4) is 0 Å². The number of carbonyl (C=O) groups is 2. The van der Waals surface area contributed by atoms with E-state index in [-0.39, 0.29) is 23.3 Å². The first-order valence-corrected chi connectivity index (χ1v) is 7.67. The van der Waals surface area contributed by atoms with Gasteiger partial charge in [-0.15, -0.1) is 0 Å². The number of carboxylic acids is 1. The van der Waals surface area contributed by atoms with E-state index in [4.69, 9.17) is 4.74 Å². The normalized spacial score (nSPS) is 37.3. The smallest absolute Gasteiger partial charge is 0.407 e. The number of alkyl carbamates (subject to hydrolysis) is 1. The van der Waals surface area contributed by atoms with Crippen LogP contribution in [0.2, 0.25) is 0 Å². The zero-order valence-electron chi connectivity index (χ0n) is 13.8. The molecular weight excluding hydrogens is 270 g/mol. The van der Waals surface area contributed by atoms with Crippen molar-refractivity contribution in [2.75, 3.05) is 0 Å². The van der Waals surface area contributed by atoms with E-state index in [0.29, 0.717) is 5.92 Å². The largest absolute Gasteiger partial charge is 0.481 e. The summed E-state index contributed by atoms with van der Waals surface area (Å²) >= 11 is 0. The Morgan fingerprint density at radius 3 is 2.24 bits per heavy atom. The van der Waals surface area contributed by atoms with E-state index in [2.05, 4.69) is 19.2 Å². The highest BCUT2D eigenvalue weighted by Gasteiger charge is 2.63. The van der Waals surface area contributed by atoms with Crippen molar-refractivity contribution in [3.8, 4) is 0 Å². The predicted molar refractivity (Wildman–Crippen MR) is 78.8 cm³/mol. The quantitative estimate of drug-likeness (QED) is 0.821. The summed E-state index contributed by atoms with van der Waals surface area (Å²) in [5.74, 6) is -0.682. The fourth-order valence-corrected chi connectivity index (χ4v) is 4.34. The molecule has 21 heavy (non-hydrogen) atoms. The number of ether oxygens (including phenoxy) is 1. The predicted octanol–water partition coefficient (Wildman–Crippen LogP) is 2.89. The van der Waals surface area contributed by atoms with Gasteiger partial charge in [0, 0.05) is 6.04 Å². The second kappa shape index (κ2) is 4.89. The molecule has 0 aromatic heterocycles. The summed E-state index contributed by atoms with van der Waals surface area (Å²) in [6, 6.07) is -0.354. The molecule has 0 aliphatic heterocycles. The molecule has 5 unspecified atom stereocenters. The van der Waals surface area contributed by atoms with Crippen molar-refractivity contribution in [2.45, 2.75) is 59.6 Å². The summed E-state index contributed by atoms with van der Waals surface area (Å²) < 4.78 is 5.29. The van der Waals surface area contributed by atoms with Gasteiger partial charge in [-0.05, 0) is 50.4 Å². The Balaban J connectivity index is 2.17. The van der Waals surface area contributed by atoms with Gasteiger partial charge in [0.1, 0.15) is 5.60 Å². The maximum Gasteiger partial charge on any atom is 0.407 e. The molecular formula is C16H27NO4. The Morgan fingerprint density at radius 2 is 1.81 bits per heavy atom. The van der Waals surface area contributed by atoms with Crippen LogP contribution in [0.25, 0.3) is 0 Å². The van der Waals surface area contributed by atoms with Crippen LogP contribution in [0.4, 0.5) is 4.79 Å². The molecule has 0 saturated heterocycles. The minimum absolute atomic E-state index is 0.0578. The summed E-state index contributed by atoms with van der Waals surface area (Å²) in [7, 11) is 0. The lowest BCUT2D eigenvalue weighted by Gasteiger charge is -2.64. The van der Waals surface area contributed by atoms with Gasteiger partial charge in [0.25, 0.3) is 0 Å². The van der Waals surface area contributed by atoms with Crippen LogP contribution in [0.15, 0.2) is 0 Å². The third kappa shape index (κ3) is 2.74. The van der Waals surface area contributed by atoms with Gasteiger partial charge < -0.3 is 15.2 Å². The number of hydrogen-bond acceptors (Lipinski definition) is 3. The molecule has 120 valence electrons. The van der Waals surface area contributed by atoms with Crippen molar-refractivity contribution in [1.29, 1.82) is 0 Å². The van der Waals surface area contributed by atoms with Gasteiger partial charge >= 0.3 is 12.1 Å². The van der Waals surface area contributed by atoms with Gasteiger partial charge in [-0.1, -0.05) is 20.8 Å². The first-order valence-electron chi connectivity index (χ1n) is 7.67. The number of rotatable bonds is 2. The first kappa shape index (κ1) is 16.1. The summed E-state index contributed by atoms with van der Waals surface area (Å²) in [5.41, 5.74) is -0.508.